The van der Waals surface area contributed by atoms with Crippen molar-refractivity contribution < 1.29 is 24.8 Å². The van der Waals surface area contributed by atoms with Crippen LogP contribution in [0.3, 0.4) is 0 Å². The molecule has 6 aromatic carbocycles. The van der Waals surface area contributed by atoms with Crippen molar-refractivity contribution in [2.75, 3.05) is 52.5 Å². The van der Waals surface area contributed by atoms with Gasteiger partial charge in [0.25, 0.3) is 0 Å². The van der Waals surface area contributed by atoms with E-state index in [2.05, 4.69) is 72.5 Å². The Bertz CT molecular complexity index is 2980. The third-order valence-corrected chi connectivity index (χ3v) is 13.1. The molecule has 2 aliphatic rings. The van der Waals surface area contributed by atoms with Crippen molar-refractivity contribution in [2.45, 2.75) is 44.9 Å². The average molecular weight is 1050 g/mol. The molecule has 70 heavy (non-hydrogen) atoms. The van der Waals surface area contributed by atoms with Crippen molar-refractivity contribution in [1.82, 2.24) is 25.3 Å². The summed E-state index contributed by atoms with van der Waals surface area (Å²) in [6.45, 7) is 4.05. The third-order valence-electron chi connectivity index (χ3n) is 12.0. The molecule has 1 N–H and O–H groups in total. The number of carbonyl (C=O) groups excluding carboxylic acids is 2. The first-order valence-electron chi connectivity index (χ1n) is 23.2. The zero-order valence-corrected chi connectivity index (χ0v) is 41.4. The maximum Gasteiger partial charge on any atom is 0.337 e. The van der Waals surface area contributed by atoms with Gasteiger partial charge in [0.15, 0.2) is 5.82 Å². The lowest BCUT2D eigenvalue weighted by Crippen LogP contribution is -2.34. The standard InChI is InChI=1S/C27H24ClN3O2.C16H11BrN2O2.C11H14ClN.CH3F.CH4/c1-33-27(32)21-9-12-23-24(17-21)30-26(25(29-23)20-5-3-2-4-6-20)31-15-13-19(14-16-31)18-7-10-22(28)11-8-18;1-21-16(20)11-7-8-12-13(9-11)19-15(17)14(18-12)10-5-3-2-4-6-10;12-11-3-1-9(2-4-11)10-5-7-13-8-6-10;1-2;/h2-12,17,19H,13-16H2,1H3;2-9H,1H3;1-4,10,13H,5-8H2;1H3;1H4/i;;;1D;. The summed E-state index contributed by atoms with van der Waals surface area (Å²) in [5.74, 6) is 1.32. The lowest BCUT2D eigenvalue weighted by molar-refractivity contribution is 0.0592. The number of piperidine rings is 2. The number of benzene rings is 6. The van der Waals surface area contributed by atoms with Crippen LogP contribution in [0.2, 0.25) is 10.0 Å². The summed E-state index contributed by atoms with van der Waals surface area (Å²) in [5, 5.41) is 4.97. The summed E-state index contributed by atoms with van der Waals surface area (Å²) in [6, 6.07) is 46.8. The van der Waals surface area contributed by atoms with Crippen LogP contribution in [-0.2, 0) is 9.47 Å². The fraction of sp³-hybridized carbons (Fsp3) is 0.250. The Labute approximate surface area is 429 Å². The maximum atomic E-state index is 12.0. The predicted octanol–water partition coefficient (Wildman–Crippen LogP) is 14.0. The van der Waals surface area contributed by atoms with Crippen LogP contribution in [-0.4, -0.2) is 79.4 Å². The van der Waals surface area contributed by atoms with Crippen molar-refractivity contribution >= 4 is 79.0 Å². The summed E-state index contributed by atoms with van der Waals surface area (Å²) in [7, 11) is 1.74. The summed E-state index contributed by atoms with van der Waals surface area (Å²) >= 11 is 15.3. The SMILES string of the molecule is C.COC(=O)c1ccc2nc(-c3ccccc3)c(Br)nc2c1.COC(=O)c1ccc2nc(-c3ccccc3)c(N3CCC(c4ccc(Cl)cc4)CC3)nc2c1.Clc1ccc(C2CCNCC2)cc1.[2H]CF. The number of aromatic nitrogens is 4. The molecule has 0 amide bonds. The summed E-state index contributed by atoms with van der Waals surface area (Å²) < 4.78 is 25.7. The van der Waals surface area contributed by atoms with E-state index in [-0.39, 0.29) is 19.4 Å². The van der Waals surface area contributed by atoms with Crippen LogP contribution in [0.4, 0.5) is 10.2 Å². The first-order valence-corrected chi connectivity index (χ1v) is 24.0. The largest absolute Gasteiger partial charge is 0.465 e. The number of alkyl halides is 1. The lowest BCUT2D eigenvalue weighted by atomic mass is 9.89. The maximum absolute atomic E-state index is 12.0. The molecule has 2 aliphatic heterocycles. The zero-order chi connectivity index (χ0) is 49.4. The number of fused-ring (bicyclic) bond motifs is 2. The number of methoxy groups -OCH3 is 2. The van der Waals surface area contributed by atoms with Gasteiger partial charge in [-0.3, -0.25) is 4.39 Å². The molecule has 0 radical (unpaired) electrons. The Hall–Kier alpha value is -6.31. The Balaban J connectivity index is 0.000000185. The Kier molecular flexibility index (Phi) is 19.2. The highest BCUT2D eigenvalue weighted by atomic mass is 79.9. The van der Waals surface area contributed by atoms with Gasteiger partial charge < -0.3 is 19.7 Å². The molecule has 4 heterocycles. The van der Waals surface area contributed by atoms with Gasteiger partial charge in [-0.05, 0) is 138 Å². The topological polar surface area (TPSA) is 119 Å². The van der Waals surface area contributed by atoms with Gasteiger partial charge in [-0.15, -0.1) is 0 Å². The van der Waals surface area contributed by atoms with Crippen molar-refractivity contribution in [2.24, 2.45) is 0 Å². The zero-order valence-electron chi connectivity index (χ0n) is 39.3. The number of rotatable bonds is 7. The lowest BCUT2D eigenvalue weighted by Gasteiger charge is -2.34. The molecule has 0 spiro atoms. The number of halogens is 4. The van der Waals surface area contributed by atoms with Gasteiger partial charge in [0, 0.05) is 34.3 Å². The van der Waals surface area contributed by atoms with Crippen LogP contribution in [0.1, 0.15) is 78.2 Å². The summed E-state index contributed by atoms with van der Waals surface area (Å²) in [5.41, 5.74) is 10.1. The minimum Gasteiger partial charge on any atom is -0.465 e. The van der Waals surface area contributed by atoms with E-state index in [9.17, 15) is 14.0 Å². The van der Waals surface area contributed by atoms with Crippen molar-refractivity contribution in [1.29, 1.82) is 0 Å². The molecule has 0 saturated carbocycles. The summed E-state index contributed by atoms with van der Waals surface area (Å²) in [6.07, 6.45) is 4.55. The first-order chi connectivity index (χ1) is 34.1. The molecule has 10 rings (SSSR count). The van der Waals surface area contributed by atoms with Gasteiger partial charge in [0.05, 0.1) is 55.9 Å². The second kappa shape index (κ2) is 26.1. The Morgan fingerprint density at radius 1 is 0.614 bits per heavy atom. The molecule has 2 saturated heterocycles. The van der Waals surface area contributed by atoms with Crippen molar-refractivity contribution in [3.8, 4) is 22.5 Å². The number of ether oxygens (including phenoxy) is 2. The van der Waals surface area contributed by atoms with Crippen LogP contribution >= 0.6 is 39.1 Å². The highest BCUT2D eigenvalue weighted by molar-refractivity contribution is 9.10. The van der Waals surface area contributed by atoms with Crippen LogP contribution in [0.25, 0.3) is 44.6 Å². The average Bonchev–Trinajstić information content (AvgIpc) is 3.41. The molecular formula is C56H56BrCl2FN6O4. The molecule has 362 valence electrons. The van der Waals surface area contributed by atoms with E-state index in [1.165, 1.54) is 38.2 Å². The fourth-order valence-corrected chi connectivity index (χ4v) is 9.17. The van der Waals surface area contributed by atoms with E-state index in [1.54, 1.807) is 30.3 Å². The van der Waals surface area contributed by atoms with Gasteiger partial charge in [-0.25, -0.2) is 29.5 Å². The van der Waals surface area contributed by atoms with Gasteiger partial charge in [-0.1, -0.05) is 116 Å². The monoisotopic (exact) mass is 1050 g/mol. The highest BCUT2D eigenvalue weighted by Crippen LogP contribution is 2.36. The van der Waals surface area contributed by atoms with Crippen molar-refractivity contribution in [3.05, 3.63) is 182 Å². The van der Waals surface area contributed by atoms with Gasteiger partial charge in [0.1, 0.15) is 16.0 Å². The van der Waals surface area contributed by atoms with E-state index in [1.807, 2.05) is 78.9 Å². The Morgan fingerprint density at radius 2 is 1.04 bits per heavy atom. The van der Waals surface area contributed by atoms with Gasteiger partial charge in [-0.2, -0.15) is 0 Å². The fourth-order valence-electron chi connectivity index (χ4n) is 8.41. The van der Waals surface area contributed by atoms with E-state index < -0.39 is 7.15 Å². The number of nitrogens with one attached hydrogen (secondary N) is 1. The molecule has 14 heteroatoms. The number of hydrogen-bond donors (Lipinski definition) is 1. The first kappa shape index (κ1) is 51.5. The molecule has 10 nitrogen and oxygen atoms in total. The minimum absolute atomic E-state index is 0. The molecular weight excluding hydrogens is 990 g/mol. The number of carbonyl (C=O) groups is 2. The van der Waals surface area contributed by atoms with E-state index in [0.29, 0.717) is 32.7 Å². The molecule has 0 aliphatic carbocycles. The smallest absolute Gasteiger partial charge is 0.337 e. The molecule has 0 unspecified atom stereocenters. The minimum atomic E-state index is -1.00. The second-order valence-corrected chi connectivity index (χ2v) is 17.9. The number of nitrogens with zero attached hydrogens (tertiary/aromatic N) is 5. The number of hydrogen-bond acceptors (Lipinski definition) is 10. The second-order valence-electron chi connectivity index (χ2n) is 16.3. The highest BCUT2D eigenvalue weighted by Gasteiger charge is 2.25. The number of anilines is 1. The predicted molar refractivity (Wildman–Crippen MR) is 286 cm³/mol. The molecule has 0 atom stereocenters. The van der Waals surface area contributed by atoms with E-state index in [0.717, 1.165) is 94.3 Å². The molecule has 0 bridgehead atoms. The van der Waals surface area contributed by atoms with E-state index in [4.69, 9.17) is 44.0 Å². The van der Waals surface area contributed by atoms with E-state index >= 15 is 0 Å². The summed E-state index contributed by atoms with van der Waals surface area (Å²) in [4.78, 5) is 44.9. The van der Waals surface area contributed by atoms with Gasteiger partial charge >= 0.3 is 11.9 Å². The quantitative estimate of drug-likeness (QED) is 0.155. The van der Waals surface area contributed by atoms with Gasteiger partial charge in [0.2, 0.25) is 0 Å². The van der Waals surface area contributed by atoms with Crippen molar-refractivity contribution in [3.63, 3.8) is 0 Å². The molecule has 8 aromatic rings. The molecule has 2 aromatic heterocycles. The van der Waals surface area contributed by atoms with Crippen LogP contribution in [0.5, 0.6) is 0 Å². The normalized spacial score (nSPS) is 13.7. The Morgan fingerprint density at radius 3 is 1.51 bits per heavy atom. The van der Waals surface area contributed by atoms with Crippen LogP contribution < -0.4 is 10.2 Å². The van der Waals surface area contributed by atoms with Crippen LogP contribution in [0.15, 0.2) is 150 Å². The number of esters is 2. The molecule has 2 fully saturated rings. The van der Waals surface area contributed by atoms with Crippen LogP contribution in [0, 0.1) is 0 Å². The third kappa shape index (κ3) is 13.5.